The van der Waals surface area contributed by atoms with Crippen LogP contribution in [0.15, 0.2) is 12.1 Å². The first kappa shape index (κ1) is 11.5. The molecule has 0 saturated carbocycles. The molecule has 0 spiro atoms. The summed E-state index contributed by atoms with van der Waals surface area (Å²) in [7, 11) is 1.44. The number of carboxylic acids is 1. The van der Waals surface area contributed by atoms with E-state index in [9.17, 15) is 9.59 Å². The fraction of sp³-hybridized carbons (Fsp3) is 0.200. The molecule has 0 radical (unpaired) electrons. The number of carbonyl (C=O) groups excluding carboxylic acids is 1. The Bertz CT molecular complexity index is 426. The fourth-order valence-corrected chi connectivity index (χ4v) is 1.47. The first-order valence-electron chi connectivity index (χ1n) is 4.09. The van der Waals surface area contributed by atoms with Crippen molar-refractivity contribution in [3.05, 3.63) is 28.3 Å². The molecule has 0 aliphatic heterocycles. The summed E-state index contributed by atoms with van der Waals surface area (Å²) in [5.41, 5.74) is 0.677. The van der Waals surface area contributed by atoms with Crippen molar-refractivity contribution in [1.29, 1.82) is 0 Å². The molecule has 0 amide bonds. The van der Waals surface area contributed by atoms with Crippen molar-refractivity contribution in [2.24, 2.45) is 0 Å². The Morgan fingerprint density at radius 3 is 2.47 bits per heavy atom. The summed E-state index contributed by atoms with van der Waals surface area (Å²) >= 11 is 5.76. The van der Waals surface area contributed by atoms with Crippen LogP contribution < -0.4 is 4.74 Å². The van der Waals surface area contributed by atoms with Crippen LogP contribution in [0.3, 0.4) is 0 Å². The molecular formula is C10H9ClO4. The Balaban J connectivity index is 3.30. The molecule has 1 N–H and O–H groups in total. The van der Waals surface area contributed by atoms with Crippen molar-refractivity contribution in [3.8, 4) is 5.75 Å². The van der Waals surface area contributed by atoms with Gasteiger partial charge < -0.3 is 9.84 Å². The molecule has 0 aliphatic rings. The van der Waals surface area contributed by atoms with Crippen LogP contribution in [0.5, 0.6) is 5.75 Å². The monoisotopic (exact) mass is 228 g/mol. The average molecular weight is 229 g/mol. The molecule has 1 aromatic rings. The third-order valence-electron chi connectivity index (χ3n) is 1.92. The Kier molecular flexibility index (Phi) is 3.31. The lowest BCUT2D eigenvalue weighted by molar-refractivity contribution is -0.131. The quantitative estimate of drug-likeness (QED) is 0.634. The first-order chi connectivity index (χ1) is 6.97. The third-order valence-corrected chi connectivity index (χ3v) is 2.24. The highest BCUT2D eigenvalue weighted by atomic mass is 35.5. The number of Topliss-reactive ketones (excluding diaryl/α,β-unsaturated/α-hetero) is 1. The SMILES string of the molecule is COc1cc(C(=O)C(=O)O)c(Cl)cc1C. The summed E-state index contributed by atoms with van der Waals surface area (Å²) in [5, 5.41) is 8.66. The van der Waals surface area contributed by atoms with Gasteiger partial charge in [-0.25, -0.2) is 4.79 Å². The average Bonchev–Trinajstić information content (AvgIpc) is 2.17. The molecule has 0 heterocycles. The highest BCUT2D eigenvalue weighted by molar-refractivity contribution is 6.45. The van der Waals surface area contributed by atoms with Gasteiger partial charge in [-0.05, 0) is 24.6 Å². The number of benzene rings is 1. The molecule has 1 aromatic carbocycles. The zero-order valence-corrected chi connectivity index (χ0v) is 8.96. The van der Waals surface area contributed by atoms with Crippen molar-refractivity contribution < 1.29 is 19.4 Å². The van der Waals surface area contributed by atoms with Gasteiger partial charge in [-0.15, -0.1) is 0 Å². The summed E-state index contributed by atoms with van der Waals surface area (Å²) in [6, 6.07) is 2.82. The van der Waals surface area contributed by atoms with Gasteiger partial charge in [0.25, 0.3) is 5.78 Å². The van der Waals surface area contributed by atoms with E-state index in [2.05, 4.69) is 0 Å². The normalized spacial score (nSPS) is 9.80. The Morgan fingerprint density at radius 1 is 1.40 bits per heavy atom. The largest absolute Gasteiger partial charge is 0.496 e. The molecule has 0 unspecified atom stereocenters. The molecule has 15 heavy (non-hydrogen) atoms. The van der Waals surface area contributed by atoms with Crippen LogP contribution in [0.2, 0.25) is 5.02 Å². The number of hydrogen-bond donors (Lipinski definition) is 1. The Hall–Kier alpha value is -1.55. The first-order valence-corrected chi connectivity index (χ1v) is 4.47. The smallest absolute Gasteiger partial charge is 0.377 e. The number of halogens is 1. The van der Waals surface area contributed by atoms with Gasteiger partial charge in [0.2, 0.25) is 0 Å². The maximum atomic E-state index is 11.2. The van der Waals surface area contributed by atoms with Crippen molar-refractivity contribution in [1.82, 2.24) is 0 Å². The third kappa shape index (κ3) is 2.27. The zero-order valence-electron chi connectivity index (χ0n) is 8.20. The molecule has 5 heteroatoms. The van der Waals surface area contributed by atoms with Crippen LogP contribution in [-0.2, 0) is 4.79 Å². The molecule has 0 aromatic heterocycles. The summed E-state index contributed by atoms with van der Waals surface area (Å²) in [6.45, 7) is 1.75. The van der Waals surface area contributed by atoms with E-state index in [-0.39, 0.29) is 10.6 Å². The lowest BCUT2D eigenvalue weighted by Crippen LogP contribution is -2.13. The van der Waals surface area contributed by atoms with Gasteiger partial charge in [0.05, 0.1) is 17.7 Å². The second kappa shape index (κ2) is 4.31. The van der Waals surface area contributed by atoms with Crippen LogP contribution in [0.4, 0.5) is 0 Å². The minimum absolute atomic E-state index is 0.0633. The Morgan fingerprint density at radius 2 is 2.00 bits per heavy atom. The van der Waals surface area contributed by atoms with Gasteiger partial charge >= 0.3 is 5.97 Å². The second-order valence-corrected chi connectivity index (χ2v) is 3.34. The van der Waals surface area contributed by atoms with Crippen molar-refractivity contribution in [2.75, 3.05) is 7.11 Å². The van der Waals surface area contributed by atoms with Crippen LogP contribution in [0.25, 0.3) is 0 Å². The van der Waals surface area contributed by atoms with E-state index in [0.29, 0.717) is 5.75 Å². The van der Waals surface area contributed by atoms with E-state index in [1.165, 1.54) is 19.2 Å². The second-order valence-electron chi connectivity index (χ2n) is 2.94. The predicted molar refractivity (Wildman–Crippen MR) is 54.7 cm³/mol. The van der Waals surface area contributed by atoms with Gasteiger partial charge in [0, 0.05) is 0 Å². The topological polar surface area (TPSA) is 63.6 Å². The lowest BCUT2D eigenvalue weighted by Gasteiger charge is -2.07. The molecule has 4 nitrogen and oxygen atoms in total. The molecule has 0 aliphatic carbocycles. The standard InChI is InChI=1S/C10H9ClO4/c1-5-3-7(11)6(4-8(5)15-2)9(12)10(13)14/h3-4H,1-2H3,(H,13,14). The molecule has 80 valence electrons. The maximum absolute atomic E-state index is 11.2. The van der Waals surface area contributed by atoms with Crippen molar-refractivity contribution >= 4 is 23.4 Å². The maximum Gasteiger partial charge on any atom is 0.377 e. The van der Waals surface area contributed by atoms with Gasteiger partial charge in [-0.2, -0.15) is 0 Å². The number of carboxylic acid groups (broad SMARTS) is 1. The number of ether oxygens (including phenoxy) is 1. The summed E-state index contributed by atoms with van der Waals surface area (Å²) in [4.78, 5) is 21.7. The van der Waals surface area contributed by atoms with E-state index in [4.69, 9.17) is 21.4 Å². The van der Waals surface area contributed by atoms with Gasteiger partial charge in [-0.1, -0.05) is 11.6 Å². The number of hydrogen-bond acceptors (Lipinski definition) is 3. The molecule has 0 fully saturated rings. The summed E-state index contributed by atoms with van der Waals surface area (Å²) < 4.78 is 4.97. The number of aryl methyl sites for hydroxylation is 1. The number of carbonyl (C=O) groups is 2. The minimum atomic E-state index is -1.54. The predicted octanol–water partition coefficient (Wildman–Crippen LogP) is 1.92. The highest BCUT2D eigenvalue weighted by Gasteiger charge is 2.19. The van der Waals surface area contributed by atoms with Crippen molar-refractivity contribution in [3.63, 3.8) is 0 Å². The van der Waals surface area contributed by atoms with Crippen LogP contribution >= 0.6 is 11.6 Å². The van der Waals surface area contributed by atoms with E-state index < -0.39 is 11.8 Å². The van der Waals surface area contributed by atoms with E-state index in [1.807, 2.05) is 0 Å². The molecule has 0 saturated heterocycles. The van der Waals surface area contributed by atoms with E-state index in [0.717, 1.165) is 5.56 Å². The number of rotatable bonds is 3. The fourth-order valence-electron chi connectivity index (χ4n) is 1.16. The molecule has 1 rings (SSSR count). The van der Waals surface area contributed by atoms with E-state index >= 15 is 0 Å². The van der Waals surface area contributed by atoms with Crippen LogP contribution in [-0.4, -0.2) is 24.0 Å². The molecule has 0 bridgehead atoms. The van der Waals surface area contributed by atoms with Crippen molar-refractivity contribution in [2.45, 2.75) is 6.92 Å². The summed E-state index contributed by atoms with van der Waals surface area (Å²) in [6.07, 6.45) is 0. The highest BCUT2D eigenvalue weighted by Crippen LogP contribution is 2.26. The van der Waals surface area contributed by atoms with Gasteiger partial charge in [0.15, 0.2) is 0 Å². The molecule has 0 atom stereocenters. The van der Waals surface area contributed by atoms with Gasteiger partial charge in [-0.3, -0.25) is 4.79 Å². The summed E-state index contributed by atoms with van der Waals surface area (Å²) in [5.74, 6) is -2.15. The number of ketones is 1. The number of methoxy groups -OCH3 is 1. The van der Waals surface area contributed by atoms with Gasteiger partial charge in [0.1, 0.15) is 5.75 Å². The minimum Gasteiger partial charge on any atom is -0.496 e. The van der Waals surface area contributed by atoms with Crippen LogP contribution in [0.1, 0.15) is 15.9 Å². The lowest BCUT2D eigenvalue weighted by atomic mass is 10.1. The van der Waals surface area contributed by atoms with Crippen LogP contribution in [0, 0.1) is 6.92 Å². The van der Waals surface area contributed by atoms with E-state index in [1.54, 1.807) is 6.92 Å². The molecular weight excluding hydrogens is 220 g/mol. The number of aliphatic carboxylic acids is 1. The Labute approximate surface area is 91.4 Å². The zero-order chi connectivity index (χ0) is 11.6.